The molecule has 3 N–H and O–H groups in total. The topological polar surface area (TPSA) is 98.3 Å². The van der Waals surface area contributed by atoms with Crippen molar-refractivity contribution in [1.29, 1.82) is 0 Å². The summed E-state index contributed by atoms with van der Waals surface area (Å²) >= 11 is 0. The molecule has 3 aromatic rings. The molecule has 0 aliphatic carbocycles. The van der Waals surface area contributed by atoms with Crippen molar-refractivity contribution in [2.45, 2.75) is 76.3 Å². The van der Waals surface area contributed by atoms with Gasteiger partial charge in [0, 0.05) is 19.7 Å². The number of hydrogen-bond acceptors (Lipinski definition) is 6. The number of benzene rings is 3. The zero-order chi connectivity index (χ0) is 33.6. The van der Waals surface area contributed by atoms with E-state index in [1.165, 1.54) is 0 Å². The Kier molecular flexibility index (Phi) is 14.1. The zero-order valence-corrected chi connectivity index (χ0v) is 29.7. The number of unbranched alkanes of at least 4 members (excludes halogenated alkanes) is 3. The van der Waals surface area contributed by atoms with Gasteiger partial charge in [-0.1, -0.05) is 88.2 Å². The van der Waals surface area contributed by atoms with E-state index in [4.69, 9.17) is 18.6 Å². The number of nitrogens with one attached hydrogen (secondary N) is 2. The Hall–Kier alpha value is -3.37. The normalized spacial score (nSPS) is 12.8. The highest BCUT2D eigenvalue weighted by molar-refractivity contribution is 6.74. The number of aliphatic hydroxyl groups is 1. The van der Waals surface area contributed by atoms with Gasteiger partial charge in [0.2, 0.25) is 0 Å². The van der Waals surface area contributed by atoms with Crippen LogP contribution >= 0.6 is 0 Å². The van der Waals surface area contributed by atoms with E-state index >= 15 is 0 Å². The Balaban J connectivity index is 1.56. The fourth-order valence-corrected chi connectivity index (χ4v) is 6.04. The van der Waals surface area contributed by atoms with E-state index in [1.54, 1.807) is 14.2 Å². The molecule has 0 spiro atoms. The second kappa shape index (κ2) is 17.5. The molecule has 1 unspecified atom stereocenters. The summed E-state index contributed by atoms with van der Waals surface area (Å²) in [6.45, 7) is 12.7. The first-order chi connectivity index (χ1) is 21.9. The van der Waals surface area contributed by atoms with Gasteiger partial charge in [-0.15, -0.1) is 0 Å². The maximum atomic E-state index is 12.5. The minimum Gasteiger partial charge on any atom is -0.497 e. The Labute approximate surface area is 276 Å². The second-order valence-corrected chi connectivity index (χ2v) is 17.9. The molecule has 8 nitrogen and oxygen atoms in total. The van der Waals surface area contributed by atoms with Crippen molar-refractivity contribution in [3.63, 3.8) is 0 Å². The van der Waals surface area contributed by atoms with Gasteiger partial charge in [-0.3, -0.25) is 0 Å². The van der Waals surface area contributed by atoms with Crippen LogP contribution in [-0.4, -0.2) is 66.1 Å². The highest BCUT2D eigenvalue weighted by atomic mass is 28.4. The molecular formula is C37H54N2O6Si. The number of carbonyl (C=O) groups is 1. The van der Waals surface area contributed by atoms with E-state index < -0.39 is 20.0 Å². The van der Waals surface area contributed by atoms with Gasteiger partial charge < -0.3 is 34.4 Å². The van der Waals surface area contributed by atoms with Gasteiger partial charge in [-0.25, -0.2) is 4.79 Å². The molecule has 0 aliphatic heterocycles. The van der Waals surface area contributed by atoms with E-state index in [1.807, 2.05) is 78.9 Å². The van der Waals surface area contributed by atoms with Crippen molar-refractivity contribution < 1.29 is 28.5 Å². The first kappa shape index (κ1) is 37.1. The Morgan fingerprint density at radius 3 is 1.80 bits per heavy atom. The van der Waals surface area contributed by atoms with Crippen molar-refractivity contribution in [3.05, 3.63) is 95.6 Å². The van der Waals surface area contributed by atoms with Gasteiger partial charge in [-0.05, 0) is 71.9 Å². The summed E-state index contributed by atoms with van der Waals surface area (Å²) in [5, 5.41) is 16.8. The molecule has 9 heteroatoms. The number of hydrogen-bond donors (Lipinski definition) is 3. The van der Waals surface area contributed by atoms with Crippen molar-refractivity contribution in [3.8, 4) is 11.5 Å². The van der Waals surface area contributed by atoms with Crippen molar-refractivity contribution in [2.75, 3.05) is 40.5 Å². The van der Waals surface area contributed by atoms with Gasteiger partial charge >= 0.3 is 6.03 Å². The predicted molar refractivity (Wildman–Crippen MR) is 187 cm³/mol. The third-order valence-corrected chi connectivity index (χ3v) is 13.3. The molecule has 2 amide bonds. The predicted octanol–water partition coefficient (Wildman–Crippen LogP) is 7.25. The van der Waals surface area contributed by atoms with Crippen LogP contribution in [0.2, 0.25) is 18.1 Å². The average molecular weight is 651 g/mol. The molecule has 0 aromatic heterocycles. The highest BCUT2D eigenvalue weighted by Gasteiger charge is 2.39. The van der Waals surface area contributed by atoms with Gasteiger partial charge in [0.25, 0.3) is 0 Å². The fourth-order valence-electron chi connectivity index (χ4n) is 4.95. The van der Waals surface area contributed by atoms with E-state index in [-0.39, 0.29) is 24.2 Å². The largest absolute Gasteiger partial charge is 0.497 e. The molecule has 0 bridgehead atoms. The molecule has 0 radical (unpaired) electrons. The number of carbonyl (C=O) groups excluding carboxylic acids is 1. The van der Waals surface area contributed by atoms with E-state index in [2.05, 4.69) is 44.5 Å². The molecule has 1 atom stereocenters. The first-order valence-electron chi connectivity index (χ1n) is 16.2. The molecule has 252 valence electrons. The lowest BCUT2D eigenvalue weighted by atomic mass is 9.80. The summed E-state index contributed by atoms with van der Waals surface area (Å²) in [6, 6.07) is 25.0. The van der Waals surface area contributed by atoms with E-state index in [0.29, 0.717) is 6.54 Å². The Morgan fingerprint density at radius 2 is 1.28 bits per heavy atom. The maximum absolute atomic E-state index is 12.5. The van der Waals surface area contributed by atoms with Crippen LogP contribution in [0.4, 0.5) is 4.79 Å². The first-order valence-corrected chi connectivity index (χ1v) is 19.2. The molecule has 0 heterocycles. The number of amides is 2. The molecule has 0 fully saturated rings. The third-order valence-electron chi connectivity index (χ3n) is 8.79. The van der Waals surface area contributed by atoms with Crippen LogP contribution in [0.5, 0.6) is 11.5 Å². The highest BCUT2D eigenvalue weighted by Crippen LogP contribution is 2.42. The summed E-state index contributed by atoms with van der Waals surface area (Å²) in [7, 11) is 1.57. The second-order valence-electron chi connectivity index (χ2n) is 13.1. The van der Waals surface area contributed by atoms with Crippen molar-refractivity contribution >= 4 is 14.3 Å². The van der Waals surface area contributed by atoms with Crippen molar-refractivity contribution in [1.82, 2.24) is 10.6 Å². The van der Waals surface area contributed by atoms with Crippen LogP contribution in [0.25, 0.3) is 0 Å². The summed E-state index contributed by atoms with van der Waals surface area (Å²) in [6.07, 6.45) is 3.08. The van der Waals surface area contributed by atoms with Crippen LogP contribution in [0, 0.1) is 0 Å². The van der Waals surface area contributed by atoms with Crippen LogP contribution < -0.4 is 20.1 Å². The fraction of sp³-hybridized carbons (Fsp3) is 0.486. The maximum Gasteiger partial charge on any atom is 0.314 e. The monoisotopic (exact) mass is 650 g/mol. The van der Waals surface area contributed by atoms with E-state index in [0.717, 1.165) is 60.5 Å². The number of aliphatic hydroxyl groups excluding tert-OH is 1. The van der Waals surface area contributed by atoms with E-state index in [9.17, 15) is 9.90 Å². The molecule has 46 heavy (non-hydrogen) atoms. The Morgan fingerprint density at radius 1 is 0.761 bits per heavy atom. The molecule has 3 aromatic carbocycles. The summed E-state index contributed by atoms with van der Waals surface area (Å²) in [5.74, 6) is 1.46. The number of rotatable bonds is 18. The summed E-state index contributed by atoms with van der Waals surface area (Å²) in [4.78, 5) is 12.5. The minimum absolute atomic E-state index is 0.0236. The molecular weight excluding hydrogens is 597 g/mol. The van der Waals surface area contributed by atoms with Crippen LogP contribution in [0.15, 0.2) is 78.9 Å². The molecule has 0 aliphatic rings. The van der Waals surface area contributed by atoms with Gasteiger partial charge in [0.1, 0.15) is 17.1 Å². The number of urea groups is 1. The standard InChI is InChI=1S/C37H54N2O6Si/c1-36(2,3)46(6,7)45-26-14-9-8-13-25-38-35(41)39-27-32(40)28-44-37(29-15-11-10-12-16-29,30-17-21-33(42-4)22-18-30)31-19-23-34(43-5)24-20-31/h10-12,15-24,32,40H,8-9,13-14,25-28H2,1-7H3,(H2,38,39,41). The smallest absolute Gasteiger partial charge is 0.314 e. The lowest BCUT2D eigenvalue weighted by molar-refractivity contribution is -0.0365. The van der Waals surface area contributed by atoms with Crippen LogP contribution in [0.3, 0.4) is 0 Å². The molecule has 0 saturated carbocycles. The SMILES string of the molecule is COc1ccc(C(OCC(O)CNC(=O)NCCCCCCO[Si](C)(C)C(C)(C)C)(c2ccccc2)c2ccc(OC)cc2)cc1. The van der Waals surface area contributed by atoms with Crippen LogP contribution in [-0.2, 0) is 14.8 Å². The van der Waals surface area contributed by atoms with Crippen LogP contribution in [0.1, 0.15) is 63.1 Å². The van der Waals surface area contributed by atoms with Gasteiger partial charge in [0.05, 0.1) is 26.9 Å². The lowest BCUT2D eigenvalue weighted by Gasteiger charge is -2.36. The summed E-state index contributed by atoms with van der Waals surface area (Å²) in [5.41, 5.74) is 1.59. The van der Waals surface area contributed by atoms with Gasteiger partial charge in [0.15, 0.2) is 8.32 Å². The molecule has 0 saturated heterocycles. The Bertz CT molecular complexity index is 1260. The zero-order valence-electron chi connectivity index (χ0n) is 28.7. The quantitative estimate of drug-likeness (QED) is 0.0762. The minimum atomic E-state index is -1.69. The average Bonchev–Trinajstić information content (AvgIpc) is 3.05. The number of ether oxygens (including phenoxy) is 3. The lowest BCUT2D eigenvalue weighted by Crippen LogP contribution is -2.43. The van der Waals surface area contributed by atoms with Crippen molar-refractivity contribution in [2.24, 2.45) is 0 Å². The third kappa shape index (κ3) is 10.3. The molecule has 3 rings (SSSR count). The number of methoxy groups -OCH3 is 2. The summed E-state index contributed by atoms with van der Waals surface area (Å²) < 4.78 is 23.8. The van der Waals surface area contributed by atoms with Gasteiger partial charge in [-0.2, -0.15) is 0 Å².